The molecule has 1 heterocycles. The Hall–Kier alpha value is -0.150. The molecule has 0 aliphatic carbocycles. The maximum Gasteiger partial charge on any atom is 0.306 e. The van der Waals surface area contributed by atoms with E-state index < -0.39 is 16.0 Å². The van der Waals surface area contributed by atoms with Crippen LogP contribution in [0.4, 0.5) is 0 Å². The molecule has 5 nitrogen and oxygen atoms in total. The van der Waals surface area contributed by atoms with Crippen molar-refractivity contribution in [2.75, 3.05) is 20.2 Å². The van der Waals surface area contributed by atoms with Crippen LogP contribution in [0.25, 0.3) is 0 Å². The van der Waals surface area contributed by atoms with Gasteiger partial charge in [-0.2, -0.15) is 4.31 Å². The van der Waals surface area contributed by atoms with E-state index >= 15 is 0 Å². The number of hydrogen-bond acceptors (Lipinski definition) is 5. The van der Waals surface area contributed by atoms with Gasteiger partial charge in [0.2, 0.25) is 0 Å². The van der Waals surface area contributed by atoms with E-state index in [0.717, 1.165) is 11.3 Å². The molecule has 0 atom stereocenters. The Morgan fingerprint density at radius 1 is 1.58 bits per heavy atom. The summed E-state index contributed by atoms with van der Waals surface area (Å²) in [4.78, 5) is 11.1. The fraction of sp³-hybridized carbons (Fsp3) is 0.500. The first-order chi connectivity index (χ1) is 8.82. The summed E-state index contributed by atoms with van der Waals surface area (Å²) >= 11 is 10.1. The second kappa shape index (κ2) is 7.03. The molecule has 0 radical (unpaired) electrons. The van der Waals surface area contributed by atoms with Crippen molar-refractivity contribution in [1.82, 2.24) is 4.31 Å². The molecule has 0 amide bonds. The summed E-state index contributed by atoms with van der Waals surface area (Å²) in [7, 11) is -2.36. The SMILES string of the molecule is CCN(CCC(=O)OC)S(=O)(=O)c1cc(Cl)c(Br)s1. The average Bonchev–Trinajstić information content (AvgIpc) is 2.70. The lowest BCUT2D eigenvalue weighted by atomic mass is 10.4. The number of halogens is 2. The predicted octanol–water partition coefficient (Wildman–Crippen LogP) is 2.74. The van der Waals surface area contributed by atoms with Crippen LogP contribution in [0.15, 0.2) is 14.1 Å². The van der Waals surface area contributed by atoms with Gasteiger partial charge in [0.1, 0.15) is 4.21 Å². The highest BCUT2D eigenvalue weighted by Gasteiger charge is 2.26. The molecular formula is C10H13BrClNO4S2. The lowest BCUT2D eigenvalue weighted by Gasteiger charge is -2.18. The number of hydrogen-bond donors (Lipinski definition) is 0. The van der Waals surface area contributed by atoms with Gasteiger partial charge in [-0.15, -0.1) is 11.3 Å². The Bertz CT molecular complexity index is 538. The van der Waals surface area contributed by atoms with E-state index in [1.807, 2.05) is 0 Å². The second-order valence-electron chi connectivity index (χ2n) is 3.51. The molecule has 0 N–H and O–H groups in total. The Balaban J connectivity index is 2.92. The molecule has 9 heteroatoms. The number of thiophene rings is 1. The Labute approximate surface area is 129 Å². The quantitative estimate of drug-likeness (QED) is 0.701. The van der Waals surface area contributed by atoms with Crippen molar-refractivity contribution >= 4 is 54.9 Å². The summed E-state index contributed by atoms with van der Waals surface area (Å²) in [6.07, 6.45) is 0.0177. The molecule has 1 aromatic rings. The minimum atomic E-state index is -3.63. The summed E-state index contributed by atoms with van der Waals surface area (Å²) in [6.45, 7) is 2.06. The molecule has 1 rings (SSSR count). The van der Waals surface area contributed by atoms with Gasteiger partial charge < -0.3 is 4.74 Å². The molecule has 0 spiro atoms. The Kier molecular flexibility index (Phi) is 6.25. The lowest BCUT2D eigenvalue weighted by Crippen LogP contribution is -2.32. The number of esters is 1. The van der Waals surface area contributed by atoms with Gasteiger partial charge in [-0.05, 0) is 22.0 Å². The van der Waals surface area contributed by atoms with Crippen LogP contribution in [-0.4, -0.2) is 38.9 Å². The van der Waals surface area contributed by atoms with Gasteiger partial charge in [-0.3, -0.25) is 4.79 Å². The summed E-state index contributed by atoms with van der Waals surface area (Å²) in [5.41, 5.74) is 0. The van der Waals surface area contributed by atoms with Crippen molar-refractivity contribution < 1.29 is 17.9 Å². The summed E-state index contributed by atoms with van der Waals surface area (Å²) in [5.74, 6) is -0.445. The topological polar surface area (TPSA) is 63.7 Å². The third-order valence-corrected chi connectivity index (χ3v) is 7.26. The Morgan fingerprint density at radius 2 is 2.21 bits per heavy atom. The van der Waals surface area contributed by atoms with Crippen molar-refractivity contribution in [2.24, 2.45) is 0 Å². The largest absolute Gasteiger partial charge is 0.469 e. The highest BCUT2D eigenvalue weighted by molar-refractivity contribution is 9.11. The first-order valence-electron chi connectivity index (χ1n) is 5.34. The van der Waals surface area contributed by atoms with Gasteiger partial charge >= 0.3 is 5.97 Å². The maximum atomic E-state index is 12.3. The van der Waals surface area contributed by atoms with Crippen LogP contribution in [0, 0.1) is 0 Å². The van der Waals surface area contributed by atoms with E-state index in [2.05, 4.69) is 20.7 Å². The number of nitrogens with zero attached hydrogens (tertiary/aromatic N) is 1. The van der Waals surface area contributed by atoms with Crippen molar-refractivity contribution in [2.45, 2.75) is 17.6 Å². The van der Waals surface area contributed by atoms with Gasteiger partial charge in [0, 0.05) is 13.1 Å². The molecule has 0 saturated heterocycles. The third-order valence-electron chi connectivity index (χ3n) is 2.36. The molecular weight excluding hydrogens is 378 g/mol. The summed E-state index contributed by atoms with van der Waals surface area (Å²) in [5, 5.41) is 0.354. The van der Waals surface area contributed by atoms with Crippen molar-refractivity contribution in [3.63, 3.8) is 0 Å². The molecule has 0 saturated carbocycles. The molecule has 0 aliphatic heterocycles. The first-order valence-corrected chi connectivity index (χ1v) is 8.77. The number of carbonyl (C=O) groups is 1. The van der Waals surface area contributed by atoms with Crippen LogP contribution in [0.3, 0.4) is 0 Å². The van der Waals surface area contributed by atoms with Crippen molar-refractivity contribution in [3.05, 3.63) is 14.9 Å². The normalized spacial score (nSPS) is 11.8. The molecule has 0 bridgehead atoms. The third kappa shape index (κ3) is 4.16. The highest BCUT2D eigenvalue weighted by atomic mass is 79.9. The standard InChI is InChI=1S/C10H13BrClNO4S2/c1-3-13(5-4-8(14)17-2)19(15,16)9-6-7(12)10(11)18-9/h6H,3-5H2,1-2H3. The zero-order valence-electron chi connectivity index (χ0n) is 10.4. The maximum absolute atomic E-state index is 12.3. The van der Waals surface area contributed by atoms with E-state index in [4.69, 9.17) is 11.6 Å². The van der Waals surface area contributed by atoms with Gasteiger partial charge in [-0.25, -0.2) is 8.42 Å². The number of ether oxygens (including phenoxy) is 1. The Morgan fingerprint density at radius 3 is 2.63 bits per heavy atom. The van der Waals surface area contributed by atoms with Gasteiger partial charge in [0.05, 0.1) is 22.3 Å². The van der Waals surface area contributed by atoms with E-state index in [0.29, 0.717) is 8.81 Å². The van der Waals surface area contributed by atoms with E-state index in [9.17, 15) is 13.2 Å². The van der Waals surface area contributed by atoms with Gasteiger partial charge in [-0.1, -0.05) is 18.5 Å². The molecule has 0 aromatic carbocycles. The molecule has 19 heavy (non-hydrogen) atoms. The van der Waals surface area contributed by atoms with Crippen LogP contribution in [0.2, 0.25) is 5.02 Å². The number of carbonyl (C=O) groups excluding carboxylic acids is 1. The highest BCUT2D eigenvalue weighted by Crippen LogP contribution is 2.35. The molecule has 108 valence electrons. The van der Waals surface area contributed by atoms with E-state index in [1.165, 1.54) is 17.5 Å². The fourth-order valence-electron chi connectivity index (χ4n) is 1.35. The monoisotopic (exact) mass is 389 g/mol. The van der Waals surface area contributed by atoms with Crippen LogP contribution in [0.5, 0.6) is 0 Å². The summed E-state index contributed by atoms with van der Waals surface area (Å²) < 4.78 is 31.1. The van der Waals surface area contributed by atoms with E-state index in [-0.39, 0.29) is 23.7 Å². The second-order valence-corrected chi connectivity index (χ2v) is 8.45. The fourth-order valence-corrected chi connectivity index (χ4v) is 5.35. The van der Waals surface area contributed by atoms with Crippen LogP contribution < -0.4 is 0 Å². The van der Waals surface area contributed by atoms with Gasteiger partial charge in [0.15, 0.2) is 0 Å². The molecule has 1 aromatic heterocycles. The van der Waals surface area contributed by atoms with Crippen LogP contribution >= 0.6 is 38.9 Å². The molecule has 0 aliphatic rings. The zero-order chi connectivity index (χ0) is 14.6. The van der Waals surface area contributed by atoms with Crippen molar-refractivity contribution in [1.29, 1.82) is 0 Å². The predicted molar refractivity (Wildman–Crippen MR) is 78.1 cm³/mol. The minimum absolute atomic E-state index is 0.0177. The summed E-state index contributed by atoms with van der Waals surface area (Å²) in [6, 6.07) is 1.40. The minimum Gasteiger partial charge on any atom is -0.469 e. The number of sulfonamides is 1. The van der Waals surface area contributed by atoms with Crippen molar-refractivity contribution in [3.8, 4) is 0 Å². The average molecular weight is 391 g/mol. The van der Waals surface area contributed by atoms with Crippen LogP contribution in [0.1, 0.15) is 13.3 Å². The van der Waals surface area contributed by atoms with Crippen LogP contribution in [-0.2, 0) is 19.6 Å². The number of rotatable bonds is 6. The van der Waals surface area contributed by atoms with Gasteiger partial charge in [0.25, 0.3) is 10.0 Å². The zero-order valence-corrected chi connectivity index (χ0v) is 14.3. The molecule has 0 fully saturated rings. The molecule has 0 unspecified atom stereocenters. The first kappa shape index (κ1) is 16.9. The lowest BCUT2D eigenvalue weighted by molar-refractivity contribution is -0.140. The smallest absolute Gasteiger partial charge is 0.306 e. The number of methoxy groups -OCH3 is 1. The van der Waals surface area contributed by atoms with E-state index in [1.54, 1.807) is 6.92 Å².